The highest BCUT2D eigenvalue weighted by molar-refractivity contribution is 7.24. The number of carbonyl (C=O) groups is 1. The van der Waals surface area contributed by atoms with Crippen molar-refractivity contribution in [2.75, 3.05) is 6.54 Å². The molecule has 112 valence electrons. The Morgan fingerprint density at radius 1 is 1.52 bits per heavy atom. The third-order valence-corrected chi connectivity index (χ3v) is 6.07. The normalized spacial score (nSPS) is 16.0. The number of thiophene rings is 1. The van der Waals surface area contributed by atoms with E-state index >= 15 is 0 Å². The number of halogens is 1. The molecule has 21 heavy (non-hydrogen) atoms. The number of thiazole rings is 1. The number of hydrogen-bond donors (Lipinski definition) is 2. The summed E-state index contributed by atoms with van der Waals surface area (Å²) >= 11 is 8.81. The van der Waals surface area contributed by atoms with Crippen molar-refractivity contribution in [3.05, 3.63) is 27.0 Å². The minimum absolute atomic E-state index is 0.0674. The van der Waals surface area contributed by atoms with Crippen molar-refractivity contribution in [2.24, 2.45) is 11.7 Å². The fraction of sp³-hybridized carbons (Fsp3) is 0.429. The molecule has 2 heterocycles. The SMILES string of the molecule is Cc1nc(-c2ccc(Cl)s2)sc1C(=O)NCC(N)C1CC1. The lowest BCUT2D eigenvalue weighted by Gasteiger charge is -2.10. The van der Waals surface area contributed by atoms with Crippen molar-refractivity contribution in [3.63, 3.8) is 0 Å². The summed E-state index contributed by atoms with van der Waals surface area (Å²) in [6.45, 7) is 2.38. The van der Waals surface area contributed by atoms with Crippen LogP contribution in [0.25, 0.3) is 9.88 Å². The van der Waals surface area contributed by atoms with Crippen molar-refractivity contribution >= 4 is 40.2 Å². The molecule has 1 saturated carbocycles. The first-order valence-corrected chi connectivity index (χ1v) is 8.82. The van der Waals surface area contributed by atoms with Gasteiger partial charge in [0, 0.05) is 12.6 Å². The third-order valence-electron chi connectivity index (χ3n) is 3.51. The molecule has 2 aromatic heterocycles. The fourth-order valence-corrected chi connectivity index (χ4v) is 4.20. The van der Waals surface area contributed by atoms with Gasteiger partial charge in [-0.2, -0.15) is 0 Å². The van der Waals surface area contributed by atoms with Gasteiger partial charge in [-0.1, -0.05) is 11.6 Å². The number of nitrogens with one attached hydrogen (secondary N) is 1. The van der Waals surface area contributed by atoms with E-state index in [0.29, 0.717) is 17.3 Å². The zero-order chi connectivity index (χ0) is 15.0. The van der Waals surface area contributed by atoms with Gasteiger partial charge in [0.1, 0.15) is 9.88 Å². The first-order valence-electron chi connectivity index (χ1n) is 6.81. The van der Waals surface area contributed by atoms with E-state index in [0.717, 1.165) is 19.9 Å². The van der Waals surface area contributed by atoms with Gasteiger partial charge in [0.2, 0.25) is 0 Å². The topological polar surface area (TPSA) is 68.0 Å². The van der Waals surface area contributed by atoms with E-state index in [1.165, 1.54) is 35.5 Å². The average Bonchev–Trinajstić information content (AvgIpc) is 3.11. The lowest BCUT2D eigenvalue weighted by Crippen LogP contribution is -2.38. The Balaban J connectivity index is 1.69. The summed E-state index contributed by atoms with van der Waals surface area (Å²) in [4.78, 5) is 18.4. The zero-order valence-corrected chi connectivity index (χ0v) is 13.9. The van der Waals surface area contributed by atoms with Crippen LogP contribution in [0.1, 0.15) is 28.2 Å². The summed E-state index contributed by atoms with van der Waals surface area (Å²) < 4.78 is 0.722. The van der Waals surface area contributed by atoms with E-state index in [1.54, 1.807) is 0 Å². The van der Waals surface area contributed by atoms with E-state index in [9.17, 15) is 4.79 Å². The maximum atomic E-state index is 12.2. The van der Waals surface area contributed by atoms with E-state index in [-0.39, 0.29) is 11.9 Å². The Labute approximate surface area is 136 Å². The van der Waals surface area contributed by atoms with Crippen LogP contribution in [0, 0.1) is 12.8 Å². The molecule has 4 nitrogen and oxygen atoms in total. The maximum absolute atomic E-state index is 12.2. The zero-order valence-electron chi connectivity index (χ0n) is 11.6. The van der Waals surface area contributed by atoms with Crippen LogP contribution in [-0.4, -0.2) is 23.5 Å². The van der Waals surface area contributed by atoms with E-state index in [4.69, 9.17) is 17.3 Å². The molecule has 0 aliphatic heterocycles. The van der Waals surface area contributed by atoms with Crippen molar-refractivity contribution in [3.8, 4) is 9.88 Å². The Bertz CT molecular complexity index is 663. The summed E-state index contributed by atoms with van der Waals surface area (Å²) in [5, 5.41) is 3.75. The molecule has 3 N–H and O–H groups in total. The molecule has 3 rings (SSSR count). The van der Waals surface area contributed by atoms with E-state index in [2.05, 4.69) is 10.3 Å². The van der Waals surface area contributed by atoms with Crippen molar-refractivity contribution in [2.45, 2.75) is 25.8 Å². The molecule has 1 atom stereocenters. The Kier molecular flexibility index (Phi) is 4.31. The summed E-state index contributed by atoms with van der Waals surface area (Å²) in [6, 6.07) is 3.83. The molecule has 0 saturated heterocycles. The van der Waals surface area contributed by atoms with Gasteiger partial charge in [-0.25, -0.2) is 4.98 Å². The highest BCUT2D eigenvalue weighted by atomic mass is 35.5. The highest BCUT2D eigenvalue weighted by Gasteiger charge is 2.28. The molecular weight excluding hydrogens is 326 g/mol. The van der Waals surface area contributed by atoms with Crippen molar-refractivity contribution in [1.29, 1.82) is 0 Å². The number of rotatable bonds is 5. The Morgan fingerprint density at radius 3 is 2.90 bits per heavy atom. The van der Waals surface area contributed by atoms with Gasteiger partial charge in [-0.15, -0.1) is 22.7 Å². The smallest absolute Gasteiger partial charge is 0.263 e. The van der Waals surface area contributed by atoms with Crippen LogP contribution >= 0.6 is 34.3 Å². The first kappa shape index (κ1) is 15.0. The van der Waals surface area contributed by atoms with Crippen LogP contribution in [-0.2, 0) is 0 Å². The minimum atomic E-state index is -0.0880. The molecule has 0 radical (unpaired) electrons. The fourth-order valence-electron chi connectivity index (χ4n) is 2.12. The van der Waals surface area contributed by atoms with Gasteiger partial charge in [-0.3, -0.25) is 4.79 Å². The molecule has 7 heteroatoms. The van der Waals surface area contributed by atoms with Crippen molar-refractivity contribution in [1.82, 2.24) is 10.3 Å². The Hall–Kier alpha value is -0.950. The summed E-state index contributed by atoms with van der Waals surface area (Å²) in [6.07, 6.45) is 2.36. The number of nitrogens with zero attached hydrogens (tertiary/aromatic N) is 1. The van der Waals surface area contributed by atoms with Crippen LogP contribution < -0.4 is 11.1 Å². The Morgan fingerprint density at radius 2 is 2.29 bits per heavy atom. The van der Waals surface area contributed by atoms with Crippen LogP contribution in [0.3, 0.4) is 0 Å². The molecule has 0 spiro atoms. The van der Waals surface area contributed by atoms with Gasteiger partial charge in [0.15, 0.2) is 0 Å². The molecule has 1 fully saturated rings. The quantitative estimate of drug-likeness (QED) is 0.876. The van der Waals surface area contributed by atoms with Crippen LogP contribution in [0.5, 0.6) is 0 Å². The second kappa shape index (κ2) is 6.04. The predicted octanol–water partition coefficient (Wildman–Crippen LogP) is 3.30. The van der Waals surface area contributed by atoms with Crippen LogP contribution in [0.4, 0.5) is 0 Å². The van der Waals surface area contributed by atoms with Gasteiger partial charge < -0.3 is 11.1 Å². The first-order chi connectivity index (χ1) is 10.0. The second-order valence-electron chi connectivity index (χ2n) is 5.25. The van der Waals surface area contributed by atoms with Crippen LogP contribution in [0.15, 0.2) is 12.1 Å². The number of aromatic nitrogens is 1. The van der Waals surface area contributed by atoms with Crippen molar-refractivity contribution < 1.29 is 4.79 Å². The largest absolute Gasteiger partial charge is 0.350 e. The third kappa shape index (κ3) is 3.45. The summed E-state index contributed by atoms with van der Waals surface area (Å²) in [7, 11) is 0. The molecule has 2 aromatic rings. The number of amides is 1. The average molecular weight is 342 g/mol. The number of nitrogens with two attached hydrogens (primary N) is 1. The predicted molar refractivity (Wildman–Crippen MR) is 88.2 cm³/mol. The molecule has 1 aliphatic rings. The van der Waals surface area contributed by atoms with Gasteiger partial charge in [0.25, 0.3) is 5.91 Å². The molecule has 0 bridgehead atoms. The molecule has 1 amide bonds. The summed E-state index contributed by atoms with van der Waals surface area (Å²) in [5.41, 5.74) is 6.75. The molecule has 0 aromatic carbocycles. The van der Waals surface area contributed by atoms with Gasteiger partial charge in [-0.05, 0) is 37.8 Å². The molecule has 1 unspecified atom stereocenters. The van der Waals surface area contributed by atoms with E-state index < -0.39 is 0 Å². The number of hydrogen-bond acceptors (Lipinski definition) is 5. The maximum Gasteiger partial charge on any atom is 0.263 e. The number of aryl methyl sites for hydroxylation is 1. The van der Waals surface area contributed by atoms with Gasteiger partial charge in [0.05, 0.1) is 14.9 Å². The van der Waals surface area contributed by atoms with Crippen LogP contribution in [0.2, 0.25) is 4.34 Å². The molecule has 1 aliphatic carbocycles. The summed E-state index contributed by atoms with van der Waals surface area (Å²) in [5.74, 6) is 0.492. The molecular formula is C14H16ClN3OS2. The number of carbonyl (C=O) groups excluding carboxylic acids is 1. The lowest BCUT2D eigenvalue weighted by atomic mass is 10.2. The van der Waals surface area contributed by atoms with Gasteiger partial charge >= 0.3 is 0 Å². The minimum Gasteiger partial charge on any atom is -0.350 e. The lowest BCUT2D eigenvalue weighted by molar-refractivity contribution is 0.0953. The monoisotopic (exact) mass is 341 g/mol. The second-order valence-corrected chi connectivity index (χ2v) is 7.96. The highest BCUT2D eigenvalue weighted by Crippen LogP contribution is 2.35. The standard InChI is InChI=1S/C14H16ClN3OS2/c1-7-12(13(19)17-6-9(16)8-2-3-8)21-14(18-7)10-4-5-11(15)20-10/h4-5,8-9H,2-3,6,16H2,1H3,(H,17,19). The van der Waals surface area contributed by atoms with E-state index in [1.807, 2.05) is 19.1 Å².